The summed E-state index contributed by atoms with van der Waals surface area (Å²) >= 11 is 1.52. The predicted molar refractivity (Wildman–Crippen MR) is 96.5 cm³/mol. The zero-order chi connectivity index (χ0) is 17.4. The molecule has 0 saturated carbocycles. The van der Waals surface area contributed by atoms with Crippen LogP contribution < -0.4 is 10.2 Å². The Morgan fingerprint density at radius 2 is 2.24 bits per heavy atom. The Bertz CT molecular complexity index is 832. The maximum Gasteiger partial charge on any atom is 0.240 e. The predicted octanol–water partition coefficient (Wildman–Crippen LogP) is 2.05. The summed E-state index contributed by atoms with van der Waals surface area (Å²) in [6, 6.07) is 7.71. The third-order valence-electron chi connectivity index (χ3n) is 4.82. The van der Waals surface area contributed by atoms with Crippen LogP contribution in [-0.4, -0.2) is 33.9 Å². The number of carbonyl (C=O) groups is 2. The molecule has 1 aromatic carbocycles. The van der Waals surface area contributed by atoms with E-state index in [9.17, 15) is 9.59 Å². The van der Waals surface area contributed by atoms with E-state index >= 15 is 0 Å². The molecule has 0 saturated heterocycles. The number of anilines is 1. The molecule has 130 valence electrons. The van der Waals surface area contributed by atoms with Crippen molar-refractivity contribution in [1.29, 1.82) is 0 Å². The SMILES string of the molecule is Cn1ncc2c1CCCC2NC(=O)CN1C(=O)CSc2ccccc21. The average Bonchev–Trinajstić information content (AvgIpc) is 3.00. The third-order valence-corrected chi connectivity index (χ3v) is 5.87. The van der Waals surface area contributed by atoms with E-state index in [1.54, 1.807) is 4.90 Å². The van der Waals surface area contributed by atoms with Crippen molar-refractivity contribution in [2.75, 3.05) is 17.2 Å². The van der Waals surface area contributed by atoms with Gasteiger partial charge in [0.2, 0.25) is 11.8 Å². The molecule has 2 amide bonds. The number of benzene rings is 1. The highest BCUT2D eigenvalue weighted by molar-refractivity contribution is 8.00. The lowest BCUT2D eigenvalue weighted by Gasteiger charge is -2.30. The Kier molecular flexibility index (Phi) is 4.25. The molecule has 4 rings (SSSR count). The second-order valence-corrected chi connectivity index (χ2v) is 7.44. The second kappa shape index (κ2) is 6.55. The summed E-state index contributed by atoms with van der Waals surface area (Å²) in [5, 5.41) is 7.41. The van der Waals surface area contributed by atoms with Crippen molar-refractivity contribution in [2.24, 2.45) is 7.05 Å². The van der Waals surface area contributed by atoms with E-state index in [-0.39, 0.29) is 24.4 Å². The minimum Gasteiger partial charge on any atom is -0.348 e. The van der Waals surface area contributed by atoms with E-state index in [4.69, 9.17) is 0 Å². The van der Waals surface area contributed by atoms with Crippen LogP contribution in [0.4, 0.5) is 5.69 Å². The molecule has 1 aromatic heterocycles. The lowest BCUT2D eigenvalue weighted by Crippen LogP contribution is -2.44. The fraction of sp³-hybridized carbons (Fsp3) is 0.389. The van der Waals surface area contributed by atoms with E-state index in [1.165, 1.54) is 17.5 Å². The number of rotatable bonds is 3. The number of para-hydroxylation sites is 1. The number of fused-ring (bicyclic) bond motifs is 2. The Morgan fingerprint density at radius 1 is 1.40 bits per heavy atom. The minimum absolute atomic E-state index is 0.0190. The largest absolute Gasteiger partial charge is 0.348 e. The number of carbonyl (C=O) groups excluding carboxylic acids is 2. The zero-order valence-corrected chi connectivity index (χ0v) is 14.9. The van der Waals surface area contributed by atoms with Crippen molar-refractivity contribution in [3.63, 3.8) is 0 Å². The Hall–Kier alpha value is -2.28. The van der Waals surface area contributed by atoms with Gasteiger partial charge < -0.3 is 10.2 Å². The lowest BCUT2D eigenvalue weighted by molar-refractivity contribution is -0.123. The van der Waals surface area contributed by atoms with Crippen LogP contribution in [-0.2, 0) is 23.1 Å². The average molecular weight is 356 g/mol. The maximum absolute atomic E-state index is 12.6. The molecular weight excluding hydrogens is 336 g/mol. The fourth-order valence-electron chi connectivity index (χ4n) is 3.57. The molecule has 1 unspecified atom stereocenters. The monoisotopic (exact) mass is 356 g/mol. The molecule has 1 atom stereocenters. The number of aromatic nitrogens is 2. The Morgan fingerprint density at radius 3 is 3.12 bits per heavy atom. The summed E-state index contributed by atoms with van der Waals surface area (Å²) in [4.78, 5) is 27.5. The molecule has 6 nitrogen and oxygen atoms in total. The van der Waals surface area contributed by atoms with Gasteiger partial charge in [-0.25, -0.2) is 0 Å². The van der Waals surface area contributed by atoms with Crippen molar-refractivity contribution < 1.29 is 9.59 Å². The van der Waals surface area contributed by atoms with E-state index in [2.05, 4.69) is 10.4 Å². The van der Waals surface area contributed by atoms with Crippen molar-refractivity contribution in [2.45, 2.75) is 30.2 Å². The van der Waals surface area contributed by atoms with Crippen LogP contribution >= 0.6 is 11.8 Å². The van der Waals surface area contributed by atoms with Crippen LogP contribution in [0.15, 0.2) is 35.4 Å². The van der Waals surface area contributed by atoms with Gasteiger partial charge in [0.15, 0.2) is 0 Å². The van der Waals surface area contributed by atoms with Gasteiger partial charge in [-0.05, 0) is 31.4 Å². The van der Waals surface area contributed by atoms with Crippen LogP contribution in [0.3, 0.4) is 0 Å². The highest BCUT2D eigenvalue weighted by Gasteiger charge is 2.29. The van der Waals surface area contributed by atoms with Crippen molar-refractivity contribution in [1.82, 2.24) is 15.1 Å². The van der Waals surface area contributed by atoms with Crippen LogP contribution in [0.5, 0.6) is 0 Å². The summed E-state index contributed by atoms with van der Waals surface area (Å²) in [6.07, 6.45) is 4.77. The lowest BCUT2D eigenvalue weighted by atomic mass is 9.93. The van der Waals surface area contributed by atoms with Crippen LogP contribution in [0.2, 0.25) is 0 Å². The van der Waals surface area contributed by atoms with Crippen molar-refractivity contribution in [3.8, 4) is 0 Å². The van der Waals surface area contributed by atoms with Crippen LogP contribution in [0.1, 0.15) is 30.1 Å². The smallest absolute Gasteiger partial charge is 0.240 e. The highest BCUT2D eigenvalue weighted by Crippen LogP contribution is 2.35. The number of hydrogen-bond donors (Lipinski definition) is 1. The molecule has 7 heteroatoms. The first kappa shape index (κ1) is 16.2. The molecule has 0 radical (unpaired) electrons. The van der Waals surface area contributed by atoms with Gasteiger partial charge in [0.25, 0.3) is 0 Å². The van der Waals surface area contributed by atoms with E-state index in [0.29, 0.717) is 5.75 Å². The zero-order valence-electron chi connectivity index (χ0n) is 14.1. The molecule has 1 aliphatic carbocycles. The van der Waals surface area contributed by atoms with Gasteiger partial charge in [0.1, 0.15) is 6.54 Å². The van der Waals surface area contributed by atoms with Crippen molar-refractivity contribution >= 4 is 29.3 Å². The number of nitrogens with one attached hydrogen (secondary N) is 1. The topological polar surface area (TPSA) is 67.2 Å². The standard InChI is InChI=1S/C18H20N4O2S/c1-21-14-7-4-5-13(12(14)9-19-21)20-17(23)10-22-15-6-2-3-8-16(15)25-11-18(22)24/h2-3,6,8-9,13H,4-5,7,10-11H2,1H3,(H,20,23). The molecule has 2 aromatic rings. The van der Waals surface area contributed by atoms with Gasteiger partial charge in [-0.2, -0.15) is 5.10 Å². The van der Waals surface area contributed by atoms with Crippen LogP contribution in [0.25, 0.3) is 0 Å². The van der Waals surface area contributed by atoms with Gasteiger partial charge in [-0.15, -0.1) is 11.8 Å². The minimum atomic E-state index is -0.128. The highest BCUT2D eigenvalue weighted by atomic mass is 32.2. The quantitative estimate of drug-likeness (QED) is 0.914. The van der Waals surface area contributed by atoms with Gasteiger partial charge in [-0.3, -0.25) is 14.3 Å². The number of nitrogens with zero attached hydrogens (tertiary/aromatic N) is 3. The van der Waals surface area contributed by atoms with Crippen LogP contribution in [0, 0.1) is 0 Å². The molecule has 0 bridgehead atoms. The molecule has 1 N–H and O–H groups in total. The molecule has 2 aliphatic rings. The molecule has 0 fully saturated rings. The molecular formula is C18H20N4O2S. The van der Waals surface area contributed by atoms with E-state index < -0.39 is 0 Å². The number of thioether (sulfide) groups is 1. The summed E-state index contributed by atoms with van der Waals surface area (Å²) < 4.78 is 1.88. The molecule has 1 aliphatic heterocycles. The van der Waals surface area contributed by atoms with Gasteiger partial charge in [-0.1, -0.05) is 12.1 Å². The number of hydrogen-bond acceptors (Lipinski definition) is 4. The van der Waals surface area contributed by atoms with Gasteiger partial charge in [0.05, 0.1) is 23.7 Å². The summed E-state index contributed by atoms with van der Waals surface area (Å²) in [7, 11) is 1.93. The first-order valence-electron chi connectivity index (χ1n) is 8.46. The normalized spacial score (nSPS) is 19.3. The number of amides is 2. The first-order chi connectivity index (χ1) is 12.1. The molecule has 25 heavy (non-hydrogen) atoms. The Balaban J connectivity index is 1.49. The van der Waals surface area contributed by atoms with Crippen molar-refractivity contribution in [3.05, 3.63) is 41.7 Å². The van der Waals surface area contributed by atoms with E-state index in [0.717, 1.165) is 35.4 Å². The van der Waals surface area contributed by atoms with Gasteiger partial charge >= 0.3 is 0 Å². The van der Waals surface area contributed by atoms with E-state index in [1.807, 2.05) is 42.2 Å². The maximum atomic E-state index is 12.6. The Labute approximate surface area is 150 Å². The first-order valence-corrected chi connectivity index (χ1v) is 9.44. The summed E-state index contributed by atoms with van der Waals surface area (Å²) in [5.41, 5.74) is 3.11. The summed E-state index contributed by atoms with van der Waals surface area (Å²) in [5.74, 6) is 0.224. The fourth-order valence-corrected chi connectivity index (χ4v) is 4.50. The second-order valence-electron chi connectivity index (χ2n) is 6.42. The molecule has 0 spiro atoms. The summed E-state index contributed by atoms with van der Waals surface area (Å²) in [6.45, 7) is 0.0580. The third kappa shape index (κ3) is 3.04. The van der Waals surface area contributed by atoms with Gasteiger partial charge in [0, 0.05) is 23.2 Å². The number of aryl methyl sites for hydroxylation is 1. The molecule has 2 heterocycles.